The monoisotopic (exact) mass is 388 g/mol. The van der Waals surface area contributed by atoms with Crippen molar-refractivity contribution in [3.8, 4) is 0 Å². The van der Waals surface area contributed by atoms with E-state index in [1.165, 1.54) is 11.3 Å². The second-order valence-corrected chi connectivity index (χ2v) is 7.10. The van der Waals surface area contributed by atoms with Gasteiger partial charge in [0.1, 0.15) is 0 Å². The summed E-state index contributed by atoms with van der Waals surface area (Å²) in [4.78, 5) is 16.4. The summed E-state index contributed by atoms with van der Waals surface area (Å²) in [7, 11) is 0. The molecule has 128 valence electrons. The first-order chi connectivity index (χ1) is 11.4. The highest BCUT2D eigenvalue weighted by Gasteiger charge is 2.07. The van der Waals surface area contributed by atoms with Crippen molar-refractivity contribution in [1.29, 1.82) is 0 Å². The summed E-state index contributed by atoms with van der Waals surface area (Å²) in [5.74, 6) is -2.73. The number of rotatable bonds is 5. The third-order valence-electron chi connectivity index (χ3n) is 2.66. The van der Waals surface area contributed by atoms with Crippen LogP contribution in [0.15, 0.2) is 34.5 Å². The van der Waals surface area contributed by atoms with Crippen molar-refractivity contribution in [1.82, 2.24) is 15.8 Å². The number of hydrogen-bond donors (Lipinski definition) is 3. The van der Waals surface area contributed by atoms with Crippen molar-refractivity contribution in [3.63, 3.8) is 0 Å². The Morgan fingerprint density at radius 1 is 1.33 bits per heavy atom. The molecule has 0 saturated heterocycles. The van der Waals surface area contributed by atoms with Crippen molar-refractivity contribution in [3.05, 3.63) is 40.3 Å². The number of amides is 1. The molecular formula is C14H14F2N4OS3. The van der Waals surface area contributed by atoms with E-state index in [0.29, 0.717) is 28.0 Å². The summed E-state index contributed by atoms with van der Waals surface area (Å²) in [6.45, 7) is 1.87. The maximum atomic E-state index is 12.2. The molecule has 24 heavy (non-hydrogen) atoms. The molecule has 0 aliphatic carbocycles. The molecule has 0 aliphatic rings. The Hall–Kier alpha value is -1.78. The summed E-state index contributed by atoms with van der Waals surface area (Å²) in [6, 6.07) is 6.37. The Morgan fingerprint density at radius 3 is 2.62 bits per heavy atom. The van der Waals surface area contributed by atoms with Gasteiger partial charge < -0.3 is 5.32 Å². The van der Waals surface area contributed by atoms with Gasteiger partial charge in [-0.05, 0) is 43.4 Å². The highest BCUT2D eigenvalue weighted by Crippen LogP contribution is 2.26. The van der Waals surface area contributed by atoms with E-state index in [-0.39, 0.29) is 17.4 Å². The lowest BCUT2D eigenvalue weighted by Crippen LogP contribution is -2.44. The highest BCUT2D eigenvalue weighted by molar-refractivity contribution is 7.99. The Balaban J connectivity index is 1.75. The number of aromatic nitrogens is 1. The minimum absolute atomic E-state index is 0.152. The minimum Gasteiger partial charge on any atom is -0.331 e. The molecule has 0 aliphatic heterocycles. The lowest BCUT2D eigenvalue weighted by atomic mass is 10.3. The van der Waals surface area contributed by atoms with E-state index < -0.39 is 5.76 Å². The van der Waals surface area contributed by atoms with Crippen LogP contribution in [0.5, 0.6) is 0 Å². The predicted molar refractivity (Wildman–Crippen MR) is 96.4 cm³/mol. The van der Waals surface area contributed by atoms with Crippen LogP contribution in [0.2, 0.25) is 0 Å². The van der Waals surface area contributed by atoms with Gasteiger partial charge in [-0.15, -0.1) is 11.3 Å². The smallest absolute Gasteiger partial charge is 0.288 e. The fourth-order valence-electron chi connectivity index (χ4n) is 1.71. The predicted octanol–water partition coefficient (Wildman–Crippen LogP) is 3.33. The van der Waals surface area contributed by atoms with Crippen molar-refractivity contribution < 1.29 is 13.6 Å². The number of carbonyl (C=O) groups excluding carboxylic acids is 1. The molecule has 0 bridgehead atoms. The van der Waals surface area contributed by atoms with Crippen LogP contribution in [-0.4, -0.2) is 21.8 Å². The second kappa shape index (κ2) is 8.90. The number of thiazole rings is 1. The highest BCUT2D eigenvalue weighted by atomic mass is 32.2. The number of nitrogens with one attached hydrogen (secondary N) is 3. The molecule has 0 unspecified atom stereocenters. The van der Waals surface area contributed by atoms with Crippen molar-refractivity contribution in [2.75, 3.05) is 5.32 Å². The Kier molecular flexibility index (Phi) is 6.88. The first kappa shape index (κ1) is 18.6. The molecular weight excluding hydrogens is 374 g/mol. The molecule has 1 amide bonds. The number of thioether (sulfide) groups is 1. The standard InChI is InChI=1S/C14H14F2N4OS3/c1-8-17-10(7-23-8)6-12(21)19-20-14(22)18-9-2-4-11(5-3-9)24-13(15)16/h2-5,7,13H,6H2,1H3,(H,19,21)(H2,18,20,22). The van der Waals surface area contributed by atoms with E-state index in [1.54, 1.807) is 24.3 Å². The number of aryl methyl sites for hydroxylation is 1. The number of anilines is 1. The van der Waals surface area contributed by atoms with Crippen LogP contribution in [0.4, 0.5) is 14.5 Å². The van der Waals surface area contributed by atoms with Gasteiger partial charge in [0.15, 0.2) is 5.11 Å². The first-order valence-electron chi connectivity index (χ1n) is 6.74. The normalized spacial score (nSPS) is 10.5. The molecule has 0 radical (unpaired) electrons. The largest absolute Gasteiger partial charge is 0.331 e. The Labute approximate surface area is 151 Å². The zero-order chi connectivity index (χ0) is 17.5. The first-order valence-corrected chi connectivity index (χ1v) is 8.91. The van der Waals surface area contributed by atoms with Crippen molar-refractivity contribution in [2.24, 2.45) is 0 Å². The number of hydrazine groups is 1. The van der Waals surface area contributed by atoms with Crippen LogP contribution in [0.25, 0.3) is 0 Å². The number of carbonyl (C=O) groups is 1. The summed E-state index contributed by atoms with van der Waals surface area (Å²) in [5.41, 5.74) is 6.36. The van der Waals surface area contributed by atoms with Gasteiger partial charge in [0.05, 0.1) is 17.1 Å². The minimum atomic E-state index is -2.46. The molecule has 0 atom stereocenters. The molecule has 3 N–H and O–H groups in total. The average molecular weight is 388 g/mol. The lowest BCUT2D eigenvalue weighted by molar-refractivity contribution is -0.121. The van der Waals surface area contributed by atoms with Gasteiger partial charge in [-0.2, -0.15) is 8.78 Å². The van der Waals surface area contributed by atoms with Crippen LogP contribution < -0.4 is 16.2 Å². The zero-order valence-electron chi connectivity index (χ0n) is 12.5. The van der Waals surface area contributed by atoms with Gasteiger partial charge in [0, 0.05) is 16.0 Å². The molecule has 1 aromatic heterocycles. The summed E-state index contributed by atoms with van der Waals surface area (Å²) >= 11 is 7.00. The van der Waals surface area contributed by atoms with E-state index in [4.69, 9.17) is 12.2 Å². The van der Waals surface area contributed by atoms with Gasteiger partial charge in [-0.3, -0.25) is 15.6 Å². The van der Waals surface area contributed by atoms with Gasteiger partial charge >= 0.3 is 0 Å². The Morgan fingerprint density at radius 2 is 2.04 bits per heavy atom. The fraction of sp³-hybridized carbons (Fsp3) is 0.214. The number of thiocarbonyl (C=S) groups is 1. The maximum Gasteiger partial charge on any atom is 0.288 e. The topological polar surface area (TPSA) is 66.0 Å². The van der Waals surface area contributed by atoms with E-state index in [2.05, 4.69) is 21.2 Å². The lowest BCUT2D eigenvalue weighted by Gasteiger charge is -2.11. The number of hydrogen-bond acceptors (Lipinski definition) is 5. The van der Waals surface area contributed by atoms with E-state index >= 15 is 0 Å². The van der Waals surface area contributed by atoms with E-state index in [9.17, 15) is 13.6 Å². The van der Waals surface area contributed by atoms with Crippen LogP contribution in [0.3, 0.4) is 0 Å². The van der Waals surface area contributed by atoms with Gasteiger partial charge in [0.2, 0.25) is 5.91 Å². The zero-order valence-corrected chi connectivity index (χ0v) is 15.0. The number of halogens is 2. The van der Waals surface area contributed by atoms with Crippen molar-refractivity contribution in [2.45, 2.75) is 24.0 Å². The second-order valence-electron chi connectivity index (χ2n) is 4.56. The molecule has 5 nitrogen and oxygen atoms in total. The SMILES string of the molecule is Cc1nc(CC(=O)NNC(=S)Nc2ccc(SC(F)F)cc2)cs1. The molecule has 10 heteroatoms. The third kappa shape index (κ3) is 6.38. The molecule has 2 rings (SSSR count). The van der Waals surface area contributed by atoms with Gasteiger partial charge in [-0.25, -0.2) is 4.98 Å². The summed E-state index contributed by atoms with van der Waals surface area (Å²) < 4.78 is 24.5. The molecule has 1 heterocycles. The van der Waals surface area contributed by atoms with Crippen molar-refractivity contribution >= 4 is 52.0 Å². The molecule has 0 spiro atoms. The maximum absolute atomic E-state index is 12.2. The third-order valence-corrected chi connectivity index (χ3v) is 4.41. The van der Waals surface area contributed by atoms with E-state index in [1.807, 2.05) is 12.3 Å². The Bertz CT molecular complexity index is 706. The van der Waals surface area contributed by atoms with Crippen LogP contribution in [-0.2, 0) is 11.2 Å². The summed E-state index contributed by atoms with van der Waals surface area (Å²) in [6.07, 6.45) is 0.152. The molecule has 2 aromatic rings. The number of nitrogens with zero attached hydrogens (tertiary/aromatic N) is 1. The van der Waals surface area contributed by atoms with Gasteiger partial charge in [0.25, 0.3) is 5.76 Å². The molecule has 0 fully saturated rings. The molecule has 0 saturated carbocycles. The van der Waals surface area contributed by atoms with Crippen LogP contribution >= 0.6 is 35.3 Å². The van der Waals surface area contributed by atoms with E-state index in [0.717, 1.165) is 5.01 Å². The van der Waals surface area contributed by atoms with Crippen LogP contribution in [0, 0.1) is 6.92 Å². The number of alkyl halides is 2. The molecule has 1 aromatic carbocycles. The quantitative estimate of drug-likeness (QED) is 0.415. The van der Waals surface area contributed by atoms with Crippen LogP contribution in [0.1, 0.15) is 10.7 Å². The van der Waals surface area contributed by atoms with Gasteiger partial charge in [-0.1, -0.05) is 11.8 Å². The average Bonchev–Trinajstić information content (AvgIpc) is 2.92. The fourth-order valence-corrected chi connectivity index (χ4v) is 2.99. The number of benzene rings is 1. The summed E-state index contributed by atoms with van der Waals surface area (Å²) in [5, 5.41) is 5.75.